The van der Waals surface area contributed by atoms with Crippen LogP contribution in [0.3, 0.4) is 0 Å². The predicted molar refractivity (Wildman–Crippen MR) is 114 cm³/mol. The average Bonchev–Trinajstić information content (AvgIpc) is 2.68. The molecule has 5 heteroatoms. The molecule has 0 aliphatic carbocycles. The summed E-state index contributed by atoms with van der Waals surface area (Å²) in [5.74, 6) is -0.147. The van der Waals surface area contributed by atoms with Crippen molar-refractivity contribution in [1.82, 2.24) is 10.2 Å². The minimum atomic E-state index is -0.488. The second kappa shape index (κ2) is 10.9. The van der Waals surface area contributed by atoms with Crippen molar-refractivity contribution >= 4 is 23.4 Å². The van der Waals surface area contributed by atoms with Crippen molar-refractivity contribution in [3.8, 4) is 0 Å². The lowest BCUT2D eigenvalue weighted by Crippen LogP contribution is -2.49. The Balaban J connectivity index is 2.23. The van der Waals surface area contributed by atoms with Gasteiger partial charge in [-0.1, -0.05) is 61.0 Å². The number of rotatable bonds is 9. The molecule has 1 atom stereocenters. The van der Waals surface area contributed by atoms with E-state index in [2.05, 4.69) is 5.32 Å². The molecule has 1 N–H and O–H groups in total. The average molecular weight is 401 g/mol. The molecule has 28 heavy (non-hydrogen) atoms. The molecule has 0 heterocycles. The Morgan fingerprint density at radius 2 is 1.68 bits per heavy atom. The van der Waals surface area contributed by atoms with E-state index >= 15 is 0 Å². The van der Waals surface area contributed by atoms with E-state index in [9.17, 15) is 9.59 Å². The summed E-state index contributed by atoms with van der Waals surface area (Å²) in [6.07, 6.45) is 1.43. The van der Waals surface area contributed by atoms with E-state index in [4.69, 9.17) is 11.6 Å². The molecule has 0 aliphatic rings. The van der Waals surface area contributed by atoms with Crippen molar-refractivity contribution in [3.63, 3.8) is 0 Å². The summed E-state index contributed by atoms with van der Waals surface area (Å²) in [5, 5.41) is 3.52. The molecular weight excluding hydrogens is 372 g/mol. The third-order valence-corrected chi connectivity index (χ3v) is 5.27. The van der Waals surface area contributed by atoms with Crippen LogP contribution >= 0.6 is 11.6 Å². The summed E-state index contributed by atoms with van der Waals surface area (Å²) in [6.45, 7) is 6.81. The summed E-state index contributed by atoms with van der Waals surface area (Å²) >= 11 is 6.23. The Kier molecular flexibility index (Phi) is 8.52. The lowest BCUT2D eigenvalue weighted by Gasteiger charge is -2.31. The molecule has 2 aromatic rings. The molecule has 2 rings (SSSR count). The zero-order valence-electron chi connectivity index (χ0n) is 16.9. The molecule has 2 aromatic carbocycles. The van der Waals surface area contributed by atoms with Gasteiger partial charge in [0, 0.05) is 24.5 Å². The van der Waals surface area contributed by atoms with Gasteiger partial charge in [0.25, 0.3) is 0 Å². The van der Waals surface area contributed by atoms with Gasteiger partial charge in [0.05, 0.1) is 0 Å². The summed E-state index contributed by atoms with van der Waals surface area (Å²) < 4.78 is 0. The highest BCUT2D eigenvalue weighted by atomic mass is 35.5. The number of aryl methyl sites for hydroxylation is 2. The van der Waals surface area contributed by atoms with E-state index in [1.54, 1.807) is 4.90 Å². The number of nitrogens with one attached hydrogen (secondary N) is 1. The van der Waals surface area contributed by atoms with Gasteiger partial charge < -0.3 is 10.2 Å². The third kappa shape index (κ3) is 5.83. The highest BCUT2D eigenvalue weighted by Gasteiger charge is 2.28. The van der Waals surface area contributed by atoms with Crippen LogP contribution in [-0.2, 0) is 22.6 Å². The van der Waals surface area contributed by atoms with E-state index in [1.807, 2.05) is 69.3 Å². The minimum Gasteiger partial charge on any atom is -0.355 e. The number of hydrogen-bond donors (Lipinski definition) is 1. The first-order valence-corrected chi connectivity index (χ1v) is 10.2. The van der Waals surface area contributed by atoms with E-state index in [-0.39, 0.29) is 11.8 Å². The quantitative estimate of drug-likeness (QED) is 0.672. The maximum atomic E-state index is 13.2. The molecule has 150 valence electrons. The standard InChI is InChI=1S/C23H29ClN2O2/c1-4-21(23(28)25-5-2)26(16-19-12-7-6-10-17(19)3)22(27)15-14-18-11-8-9-13-20(18)24/h6-13,21H,4-5,14-16H2,1-3H3,(H,25,28)/t21-/m0/s1. The molecule has 0 spiro atoms. The highest BCUT2D eigenvalue weighted by molar-refractivity contribution is 6.31. The smallest absolute Gasteiger partial charge is 0.242 e. The second-order valence-electron chi connectivity index (χ2n) is 6.86. The lowest BCUT2D eigenvalue weighted by molar-refractivity contribution is -0.141. The van der Waals surface area contributed by atoms with Gasteiger partial charge in [-0.25, -0.2) is 0 Å². The van der Waals surface area contributed by atoms with Gasteiger partial charge in [-0.05, 0) is 49.4 Å². The Labute approximate surface area is 172 Å². The fourth-order valence-corrected chi connectivity index (χ4v) is 3.50. The van der Waals surface area contributed by atoms with Crippen LogP contribution in [0.4, 0.5) is 0 Å². The molecular formula is C23H29ClN2O2. The summed E-state index contributed by atoms with van der Waals surface area (Å²) in [4.78, 5) is 27.5. The molecule has 0 fully saturated rings. The van der Waals surface area contributed by atoms with E-state index < -0.39 is 6.04 Å². The number of carbonyl (C=O) groups excluding carboxylic acids is 2. The number of carbonyl (C=O) groups is 2. The number of benzene rings is 2. The SMILES string of the molecule is CCNC(=O)[C@H](CC)N(Cc1ccccc1C)C(=O)CCc1ccccc1Cl. The zero-order chi connectivity index (χ0) is 20.5. The molecule has 0 aromatic heterocycles. The summed E-state index contributed by atoms with van der Waals surface area (Å²) in [6, 6.07) is 15.0. The summed E-state index contributed by atoms with van der Waals surface area (Å²) in [7, 11) is 0. The fourth-order valence-electron chi connectivity index (χ4n) is 3.27. The van der Waals surface area contributed by atoms with Crippen LogP contribution in [0.15, 0.2) is 48.5 Å². The number of nitrogens with zero attached hydrogens (tertiary/aromatic N) is 1. The van der Waals surface area contributed by atoms with Crippen molar-refractivity contribution < 1.29 is 9.59 Å². The molecule has 0 radical (unpaired) electrons. The van der Waals surface area contributed by atoms with Gasteiger partial charge in [0.15, 0.2) is 0 Å². The Morgan fingerprint density at radius 1 is 1.04 bits per heavy atom. The summed E-state index contributed by atoms with van der Waals surface area (Å²) in [5.41, 5.74) is 3.10. The second-order valence-corrected chi connectivity index (χ2v) is 7.27. The van der Waals surface area contributed by atoms with E-state index in [1.165, 1.54) is 0 Å². The van der Waals surface area contributed by atoms with Gasteiger partial charge in [-0.15, -0.1) is 0 Å². The Morgan fingerprint density at radius 3 is 2.29 bits per heavy atom. The van der Waals surface area contributed by atoms with Crippen LogP contribution in [0, 0.1) is 6.92 Å². The van der Waals surface area contributed by atoms with Gasteiger partial charge in [0.2, 0.25) is 11.8 Å². The first-order valence-electron chi connectivity index (χ1n) is 9.83. The van der Waals surface area contributed by atoms with Crippen molar-refractivity contribution in [1.29, 1.82) is 0 Å². The molecule has 0 unspecified atom stereocenters. The number of hydrogen-bond acceptors (Lipinski definition) is 2. The van der Waals surface area contributed by atoms with Gasteiger partial charge >= 0.3 is 0 Å². The first kappa shape index (κ1) is 22.0. The van der Waals surface area contributed by atoms with Crippen LogP contribution < -0.4 is 5.32 Å². The van der Waals surface area contributed by atoms with Crippen molar-refractivity contribution in [3.05, 3.63) is 70.2 Å². The molecule has 0 saturated heterocycles. The Bertz CT molecular complexity index is 807. The number of amides is 2. The number of likely N-dealkylation sites (N-methyl/N-ethyl adjacent to an activating group) is 1. The van der Waals surface area contributed by atoms with Gasteiger partial charge in [-0.2, -0.15) is 0 Å². The van der Waals surface area contributed by atoms with Gasteiger partial charge in [0.1, 0.15) is 6.04 Å². The normalized spacial score (nSPS) is 11.7. The maximum Gasteiger partial charge on any atom is 0.242 e. The highest BCUT2D eigenvalue weighted by Crippen LogP contribution is 2.20. The van der Waals surface area contributed by atoms with E-state index in [0.717, 1.165) is 16.7 Å². The largest absolute Gasteiger partial charge is 0.355 e. The van der Waals surface area contributed by atoms with Crippen molar-refractivity contribution in [2.24, 2.45) is 0 Å². The van der Waals surface area contributed by atoms with Crippen LogP contribution in [0.1, 0.15) is 43.4 Å². The topological polar surface area (TPSA) is 49.4 Å². The van der Waals surface area contributed by atoms with Crippen LogP contribution in [0.25, 0.3) is 0 Å². The monoisotopic (exact) mass is 400 g/mol. The predicted octanol–water partition coefficient (Wildman–Crippen LogP) is 4.52. The Hall–Kier alpha value is -2.33. The molecule has 2 amide bonds. The van der Waals surface area contributed by atoms with Crippen molar-refractivity contribution in [2.75, 3.05) is 6.54 Å². The van der Waals surface area contributed by atoms with Crippen LogP contribution in [-0.4, -0.2) is 29.3 Å². The molecule has 0 aliphatic heterocycles. The van der Waals surface area contributed by atoms with Gasteiger partial charge in [-0.3, -0.25) is 9.59 Å². The zero-order valence-corrected chi connectivity index (χ0v) is 17.6. The molecule has 0 saturated carbocycles. The molecule has 0 bridgehead atoms. The van der Waals surface area contributed by atoms with Crippen LogP contribution in [0.2, 0.25) is 5.02 Å². The third-order valence-electron chi connectivity index (χ3n) is 4.90. The number of halogens is 1. The van der Waals surface area contributed by atoms with Crippen LogP contribution in [0.5, 0.6) is 0 Å². The maximum absolute atomic E-state index is 13.2. The minimum absolute atomic E-state index is 0.0405. The van der Waals surface area contributed by atoms with E-state index in [0.29, 0.717) is 37.4 Å². The first-order chi connectivity index (χ1) is 13.5. The van der Waals surface area contributed by atoms with Crippen molar-refractivity contribution in [2.45, 2.75) is 52.6 Å². The lowest BCUT2D eigenvalue weighted by atomic mass is 10.0. The molecule has 4 nitrogen and oxygen atoms in total. The fraction of sp³-hybridized carbons (Fsp3) is 0.391.